The molecule has 5 nitrogen and oxygen atoms in total. The number of hydrogen-bond donors (Lipinski definition) is 2. The van der Waals surface area contributed by atoms with Crippen molar-refractivity contribution in [2.45, 2.75) is 84.0 Å². The number of carbonyl (C=O) groups excluding carboxylic acids is 1. The van der Waals surface area contributed by atoms with Crippen molar-refractivity contribution in [3.63, 3.8) is 0 Å². The molecule has 0 radical (unpaired) electrons. The zero-order chi connectivity index (χ0) is 23.2. The summed E-state index contributed by atoms with van der Waals surface area (Å²) in [6, 6.07) is 4.41. The van der Waals surface area contributed by atoms with Crippen molar-refractivity contribution in [1.29, 1.82) is 0 Å². The molecule has 0 unspecified atom stereocenters. The van der Waals surface area contributed by atoms with Gasteiger partial charge < -0.3 is 14.9 Å². The van der Waals surface area contributed by atoms with Crippen LogP contribution in [-0.4, -0.2) is 29.6 Å². The molecule has 0 bridgehead atoms. The van der Waals surface area contributed by atoms with Crippen molar-refractivity contribution >= 4 is 12.3 Å². The van der Waals surface area contributed by atoms with Gasteiger partial charge in [-0.05, 0) is 56.7 Å². The summed E-state index contributed by atoms with van der Waals surface area (Å²) >= 11 is 0. The van der Waals surface area contributed by atoms with Crippen molar-refractivity contribution in [2.75, 3.05) is 7.11 Å². The van der Waals surface area contributed by atoms with Crippen LogP contribution in [0.1, 0.15) is 94.3 Å². The van der Waals surface area contributed by atoms with Gasteiger partial charge in [-0.1, -0.05) is 63.3 Å². The molecule has 0 aliphatic rings. The number of rotatable bonds is 16. The highest BCUT2D eigenvalue weighted by molar-refractivity contribution is 5.76. The molecule has 1 aromatic rings. The van der Waals surface area contributed by atoms with Gasteiger partial charge in [-0.3, -0.25) is 9.59 Å². The van der Waals surface area contributed by atoms with E-state index in [0.29, 0.717) is 24.0 Å². The first-order valence-corrected chi connectivity index (χ1v) is 11.4. The molecule has 174 valence electrons. The Morgan fingerprint density at radius 2 is 1.55 bits per heavy atom. The van der Waals surface area contributed by atoms with Gasteiger partial charge >= 0.3 is 5.97 Å². The molecular formula is C26H40O5. The number of carboxylic acids is 1. The molecule has 0 fully saturated rings. The van der Waals surface area contributed by atoms with Crippen LogP contribution in [0.5, 0.6) is 11.5 Å². The largest absolute Gasteiger partial charge is 0.504 e. The van der Waals surface area contributed by atoms with Crippen LogP contribution in [0.2, 0.25) is 0 Å². The van der Waals surface area contributed by atoms with E-state index in [2.05, 4.69) is 31.2 Å². The number of allylic oxidation sites excluding steroid dienone is 4. The summed E-state index contributed by atoms with van der Waals surface area (Å²) in [4.78, 5) is 20.6. The molecule has 0 aliphatic carbocycles. The van der Waals surface area contributed by atoms with Gasteiger partial charge in [0.25, 0.3) is 0 Å². The van der Waals surface area contributed by atoms with Gasteiger partial charge in [0.1, 0.15) is 6.29 Å². The van der Waals surface area contributed by atoms with Gasteiger partial charge in [-0.15, -0.1) is 0 Å². The number of benzene rings is 1. The first-order chi connectivity index (χ1) is 15.0. The zero-order valence-corrected chi connectivity index (χ0v) is 19.2. The molecule has 1 rings (SSSR count). The number of aromatic hydroxyl groups is 1. The molecule has 0 heterocycles. The third kappa shape index (κ3) is 18.0. The van der Waals surface area contributed by atoms with Crippen LogP contribution in [0.25, 0.3) is 0 Å². The Morgan fingerprint density at radius 1 is 0.935 bits per heavy atom. The van der Waals surface area contributed by atoms with Crippen molar-refractivity contribution in [3.05, 3.63) is 48.1 Å². The minimum atomic E-state index is -0.671. The van der Waals surface area contributed by atoms with Crippen LogP contribution in [0.3, 0.4) is 0 Å². The Hall–Kier alpha value is -2.56. The van der Waals surface area contributed by atoms with Crippen molar-refractivity contribution < 1.29 is 24.5 Å². The molecule has 31 heavy (non-hydrogen) atoms. The highest BCUT2D eigenvalue weighted by atomic mass is 16.5. The second kappa shape index (κ2) is 20.7. The number of aldehydes is 1. The smallest absolute Gasteiger partial charge is 0.303 e. The fourth-order valence-corrected chi connectivity index (χ4v) is 2.86. The third-order valence-electron chi connectivity index (χ3n) is 4.68. The highest BCUT2D eigenvalue weighted by Gasteiger charge is 2.00. The Bertz CT molecular complexity index is 649. The maximum absolute atomic E-state index is 10.3. The second-order valence-corrected chi connectivity index (χ2v) is 7.42. The predicted molar refractivity (Wildman–Crippen MR) is 127 cm³/mol. The molecule has 0 aliphatic heterocycles. The molecule has 0 aromatic heterocycles. The topological polar surface area (TPSA) is 83.8 Å². The standard InChI is InChI=1S/C18H32O2.C8H8O3/c1-2-3-4-5-6-7-8-9-10-11-12-13-14-15-16-17-18(19)20;1-11-8-4-6(5-9)2-3-7(8)10/h6-7,9-10H,2-5,8,11-17H2,1H3,(H,19,20);2-5,10H,1H3/b7-6-,10-9-;. The lowest BCUT2D eigenvalue weighted by Crippen LogP contribution is -1.93. The molecule has 5 heteroatoms. The Balaban J connectivity index is 0.000000683. The molecular weight excluding hydrogens is 392 g/mol. The van der Waals surface area contributed by atoms with E-state index in [-0.39, 0.29) is 5.75 Å². The summed E-state index contributed by atoms with van der Waals surface area (Å²) in [7, 11) is 1.43. The molecule has 0 saturated carbocycles. The number of phenolic OH excluding ortho intramolecular Hbond substituents is 1. The van der Waals surface area contributed by atoms with E-state index in [1.165, 1.54) is 70.3 Å². The monoisotopic (exact) mass is 432 g/mol. The fraction of sp³-hybridized carbons (Fsp3) is 0.538. The summed E-state index contributed by atoms with van der Waals surface area (Å²) in [5.41, 5.74) is 0.486. The lowest BCUT2D eigenvalue weighted by molar-refractivity contribution is -0.137. The number of carboxylic acid groups (broad SMARTS) is 1. The number of aliphatic carboxylic acids is 1. The molecule has 0 atom stereocenters. The number of carbonyl (C=O) groups is 2. The summed E-state index contributed by atoms with van der Waals surface area (Å²) < 4.78 is 4.78. The maximum atomic E-state index is 10.3. The number of methoxy groups -OCH3 is 1. The van der Waals surface area contributed by atoms with Crippen LogP contribution >= 0.6 is 0 Å². The van der Waals surface area contributed by atoms with Crippen LogP contribution in [-0.2, 0) is 4.79 Å². The average molecular weight is 433 g/mol. The van der Waals surface area contributed by atoms with E-state index in [1.54, 1.807) is 0 Å². The van der Waals surface area contributed by atoms with Crippen molar-refractivity contribution in [2.24, 2.45) is 0 Å². The SMILES string of the molecule is CCCCC/C=C\C/C=C\CCCCCCCC(=O)O.COc1cc(C=O)ccc1O. The van der Waals surface area contributed by atoms with Crippen LogP contribution in [0.4, 0.5) is 0 Å². The summed E-state index contributed by atoms with van der Waals surface area (Å²) in [5, 5.41) is 17.6. The van der Waals surface area contributed by atoms with Crippen molar-refractivity contribution in [3.8, 4) is 11.5 Å². The van der Waals surface area contributed by atoms with Gasteiger partial charge in [0, 0.05) is 12.0 Å². The first kappa shape index (κ1) is 28.4. The lowest BCUT2D eigenvalue weighted by Gasteiger charge is -2.01. The molecule has 0 saturated heterocycles. The number of ether oxygens (including phenoxy) is 1. The Kier molecular flexibility index (Phi) is 19.0. The van der Waals surface area contributed by atoms with Gasteiger partial charge in [0.2, 0.25) is 0 Å². The van der Waals surface area contributed by atoms with Gasteiger partial charge in [0.15, 0.2) is 11.5 Å². The summed E-state index contributed by atoms with van der Waals surface area (Å²) in [5.74, 6) is -0.316. The zero-order valence-electron chi connectivity index (χ0n) is 19.2. The predicted octanol–water partition coefficient (Wildman–Crippen LogP) is 7.10. The third-order valence-corrected chi connectivity index (χ3v) is 4.68. The van der Waals surface area contributed by atoms with Crippen LogP contribution in [0.15, 0.2) is 42.5 Å². The molecule has 2 N–H and O–H groups in total. The van der Waals surface area contributed by atoms with Crippen molar-refractivity contribution in [1.82, 2.24) is 0 Å². The van der Waals surface area contributed by atoms with E-state index in [0.717, 1.165) is 25.7 Å². The Labute approximate surface area is 187 Å². The highest BCUT2D eigenvalue weighted by Crippen LogP contribution is 2.25. The minimum absolute atomic E-state index is 0.0399. The van der Waals surface area contributed by atoms with Crippen LogP contribution < -0.4 is 4.74 Å². The summed E-state index contributed by atoms with van der Waals surface area (Å²) in [6.45, 7) is 2.23. The molecule has 0 spiro atoms. The average Bonchev–Trinajstić information content (AvgIpc) is 2.77. The first-order valence-electron chi connectivity index (χ1n) is 11.4. The van der Waals surface area contributed by atoms with E-state index in [9.17, 15) is 9.59 Å². The quantitative estimate of drug-likeness (QED) is 0.165. The number of phenols is 1. The normalized spacial score (nSPS) is 10.8. The second-order valence-electron chi connectivity index (χ2n) is 7.42. The fourth-order valence-electron chi connectivity index (χ4n) is 2.86. The van der Waals surface area contributed by atoms with E-state index >= 15 is 0 Å². The maximum Gasteiger partial charge on any atom is 0.303 e. The van der Waals surface area contributed by atoms with E-state index in [4.69, 9.17) is 14.9 Å². The Morgan fingerprint density at radius 3 is 2.13 bits per heavy atom. The number of hydrogen-bond acceptors (Lipinski definition) is 4. The molecule has 0 amide bonds. The van der Waals surface area contributed by atoms with E-state index in [1.807, 2.05) is 0 Å². The van der Waals surface area contributed by atoms with Gasteiger partial charge in [-0.25, -0.2) is 0 Å². The van der Waals surface area contributed by atoms with Crippen LogP contribution in [0, 0.1) is 0 Å². The van der Waals surface area contributed by atoms with E-state index < -0.39 is 5.97 Å². The van der Waals surface area contributed by atoms with Gasteiger partial charge in [0.05, 0.1) is 7.11 Å². The minimum Gasteiger partial charge on any atom is -0.504 e. The molecule has 1 aromatic carbocycles. The lowest BCUT2D eigenvalue weighted by atomic mass is 10.1. The number of unbranched alkanes of at least 4 members (excludes halogenated alkanes) is 8. The van der Waals surface area contributed by atoms with Gasteiger partial charge in [-0.2, -0.15) is 0 Å². The summed E-state index contributed by atoms with van der Waals surface area (Å²) in [6.07, 6.45) is 23.0.